The topological polar surface area (TPSA) is 113 Å². The van der Waals surface area contributed by atoms with Crippen molar-refractivity contribution in [3.8, 4) is 0 Å². The van der Waals surface area contributed by atoms with Crippen molar-refractivity contribution >= 4 is 17.6 Å². The SMILES string of the molecule is O=C(NCc1ccccc1C(F)(F)F)NCC1CCC(CNC(=O)c2ccc([N+](=O)[O-])cc2)CC1. The molecule has 2 aromatic rings. The molecule has 3 N–H and O–H groups in total. The second kappa shape index (κ2) is 11.7. The molecule has 8 nitrogen and oxygen atoms in total. The van der Waals surface area contributed by atoms with Crippen LogP contribution in [-0.2, 0) is 12.7 Å². The van der Waals surface area contributed by atoms with Crippen LogP contribution >= 0.6 is 0 Å². The third-order valence-electron chi connectivity index (χ3n) is 6.17. The Morgan fingerprint density at radius 1 is 0.886 bits per heavy atom. The Hall–Kier alpha value is -3.63. The molecule has 188 valence electrons. The van der Waals surface area contributed by atoms with Crippen molar-refractivity contribution < 1.29 is 27.7 Å². The van der Waals surface area contributed by atoms with Crippen LogP contribution in [0.25, 0.3) is 0 Å². The van der Waals surface area contributed by atoms with Crippen LogP contribution in [0.15, 0.2) is 48.5 Å². The summed E-state index contributed by atoms with van der Waals surface area (Å²) >= 11 is 0. The zero-order chi connectivity index (χ0) is 25.4. The van der Waals surface area contributed by atoms with E-state index in [1.54, 1.807) is 0 Å². The van der Waals surface area contributed by atoms with Crippen LogP contribution in [0.1, 0.15) is 47.2 Å². The van der Waals surface area contributed by atoms with Crippen LogP contribution in [0, 0.1) is 22.0 Å². The lowest BCUT2D eigenvalue weighted by Gasteiger charge is -2.28. The lowest BCUT2D eigenvalue weighted by Crippen LogP contribution is -2.39. The van der Waals surface area contributed by atoms with E-state index < -0.39 is 22.7 Å². The summed E-state index contributed by atoms with van der Waals surface area (Å²) < 4.78 is 39.1. The maximum atomic E-state index is 13.0. The molecular formula is C24H27F3N4O4. The number of carbonyl (C=O) groups is 2. The van der Waals surface area contributed by atoms with Gasteiger partial charge >= 0.3 is 12.2 Å². The number of nitrogens with zero attached hydrogens (tertiary/aromatic N) is 1. The number of non-ortho nitro benzene ring substituents is 1. The summed E-state index contributed by atoms with van der Waals surface area (Å²) in [6, 6.07) is 10.0. The molecule has 11 heteroatoms. The second-order valence-corrected chi connectivity index (χ2v) is 8.62. The van der Waals surface area contributed by atoms with Gasteiger partial charge in [-0.05, 0) is 61.3 Å². The van der Waals surface area contributed by atoms with E-state index in [4.69, 9.17) is 0 Å². The lowest BCUT2D eigenvalue weighted by atomic mass is 9.82. The predicted octanol–water partition coefficient (Wildman–Crippen LogP) is 4.65. The summed E-state index contributed by atoms with van der Waals surface area (Å²) in [5, 5.41) is 18.8. The van der Waals surface area contributed by atoms with Gasteiger partial charge in [0.2, 0.25) is 0 Å². The number of halogens is 3. The van der Waals surface area contributed by atoms with Gasteiger partial charge in [0.15, 0.2) is 0 Å². The van der Waals surface area contributed by atoms with E-state index in [1.165, 1.54) is 42.5 Å². The summed E-state index contributed by atoms with van der Waals surface area (Å²) in [5.74, 6) is 0.262. The Morgan fingerprint density at radius 3 is 2.03 bits per heavy atom. The molecule has 1 aliphatic carbocycles. The Balaban J connectivity index is 1.34. The summed E-state index contributed by atoms with van der Waals surface area (Å²) in [6.07, 6.45) is -1.03. The third kappa shape index (κ3) is 7.69. The zero-order valence-corrected chi connectivity index (χ0v) is 18.9. The summed E-state index contributed by atoms with van der Waals surface area (Å²) in [7, 11) is 0. The van der Waals surface area contributed by atoms with Crippen molar-refractivity contribution in [3.05, 3.63) is 75.3 Å². The summed E-state index contributed by atoms with van der Waals surface area (Å²) in [6.45, 7) is 0.701. The van der Waals surface area contributed by atoms with Crippen molar-refractivity contribution in [1.29, 1.82) is 0 Å². The molecule has 3 rings (SSSR count). The van der Waals surface area contributed by atoms with Crippen LogP contribution in [-0.4, -0.2) is 30.0 Å². The molecule has 1 aliphatic rings. The highest BCUT2D eigenvalue weighted by molar-refractivity contribution is 5.94. The molecule has 1 saturated carbocycles. The molecule has 0 heterocycles. The number of alkyl halides is 3. The molecule has 0 aromatic heterocycles. The smallest absolute Gasteiger partial charge is 0.352 e. The number of nitro groups is 1. The van der Waals surface area contributed by atoms with Gasteiger partial charge in [0.05, 0.1) is 10.5 Å². The van der Waals surface area contributed by atoms with Crippen LogP contribution in [0.4, 0.5) is 23.7 Å². The third-order valence-corrected chi connectivity index (χ3v) is 6.17. The van der Waals surface area contributed by atoms with Crippen molar-refractivity contribution in [2.24, 2.45) is 11.8 Å². The monoisotopic (exact) mass is 492 g/mol. The average molecular weight is 492 g/mol. The van der Waals surface area contributed by atoms with Crippen LogP contribution in [0.2, 0.25) is 0 Å². The zero-order valence-electron chi connectivity index (χ0n) is 18.9. The number of hydrogen-bond donors (Lipinski definition) is 3. The van der Waals surface area contributed by atoms with Crippen LogP contribution < -0.4 is 16.0 Å². The predicted molar refractivity (Wildman–Crippen MR) is 123 cm³/mol. The quantitative estimate of drug-likeness (QED) is 0.368. The Labute approximate surface area is 200 Å². The van der Waals surface area contributed by atoms with Crippen LogP contribution in [0.3, 0.4) is 0 Å². The minimum Gasteiger partial charge on any atom is -0.352 e. The molecule has 0 aliphatic heterocycles. The number of urea groups is 1. The standard InChI is InChI=1S/C24H27F3N4O4/c25-24(26,27)21-4-2-1-3-19(21)15-30-23(33)29-14-17-7-5-16(6-8-17)13-28-22(32)18-9-11-20(12-10-18)31(34)35/h1-4,9-12,16-17H,5-8,13-15H2,(H,28,32)(H2,29,30,33). The summed E-state index contributed by atoms with van der Waals surface area (Å²) in [4.78, 5) is 34.5. The maximum absolute atomic E-state index is 13.0. The molecule has 1 fully saturated rings. The fraction of sp³-hybridized carbons (Fsp3) is 0.417. The van der Waals surface area contributed by atoms with E-state index in [0.717, 1.165) is 31.7 Å². The molecule has 0 radical (unpaired) electrons. The number of hydrogen-bond acceptors (Lipinski definition) is 4. The minimum atomic E-state index is -4.48. The second-order valence-electron chi connectivity index (χ2n) is 8.62. The lowest BCUT2D eigenvalue weighted by molar-refractivity contribution is -0.384. The van der Waals surface area contributed by atoms with Gasteiger partial charge in [-0.2, -0.15) is 13.2 Å². The highest BCUT2D eigenvalue weighted by Crippen LogP contribution is 2.32. The molecule has 0 saturated heterocycles. The molecule has 0 unspecified atom stereocenters. The first-order valence-electron chi connectivity index (χ1n) is 11.3. The van der Waals surface area contributed by atoms with Crippen LogP contribution in [0.5, 0.6) is 0 Å². The highest BCUT2D eigenvalue weighted by atomic mass is 19.4. The van der Waals surface area contributed by atoms with Gasteiger partial charge < -0.3 is 16.0 Å². The number of rotatable bonds is 8. The van der Waals surface area contributed by atoms with Gasteiger partial charge in [0.1, 0.15) is 0 Å². The van der Waals surface area contributed by atoms with Crippen molar-refractivity contribution in [2.45, 2.75) is 38.4 Å². The molecule has 0 bridgehead atoms. The van der Waals surface area contributed by atoms with Gasteiger partial charge in [-0.25, -0.2) is 4.79 Å². The maximum Gasteiger partial charge on any atom is 0.416 e. The van der Waals surface area contributed by atoms with Crippen molar-refractivity contribution in [3.63, 3.8) is 0 Å². The average Bonchev–Trinajstić information content (AvgIpc) is 2.85. The molecule has 3 amide bonds. The van der Waals surface area contributed by atoms with E-state index in [0.29, 0.717) is 24.6 Å². The van der Waals surface area contributed by atoms with E-state index in [9.17, 15) is 32.9 Å². The number of nitro benzene ring substituents is 1. The van der Waals surface area contributed by atoms with Gasteiger partial charge in [0, 0.05) is 37.3 Å². The van der Waals surface area contributed by atoms with E-state index in [-0.39, 0.29) is 29.6 Å². The molecular weight excluding hydrogens is 465 g/mol. The summed E-state index contributed by atoms with van der Waals surface area (Å²) in [5.41, 5.74) is -0.476. The fourth-order valence-electron chi connectivity index (χ4n) is 4.14. The van der Waals surface area contributed by atoms with Gasteiger partial charge in [0.25, 0.3) is 11.6 Å². The Kier molecular flexibility index (Phi) is 8.67. The minimum absolute atomic E-state index is 0.00595. The fourth-order valence-corrected chi connectivity index (χ4v) is 4.14. The molecule has 0 spiro atoms. The molecule has 0 atom stereocenters. The number of benzene rings is 2. The van der Waals surface area contributed by atoms with E-state index in [2.05, 4.69) is 16.0 Å². The number of carbonyl (C=O) groups excluding carboxylic acids is 2. The van der Waals surface area contributed by atoms with E-state index >= 15 is 0 Å². The molecule has 35 heavy (non-hydrogen) atoms. The highest BCUT2D eigenvalue weighted by Gasteiger charge is 2.32. The number of nitrogens with one attached hydrogen (secondary N) is 3. The van der Waals surface area contributed by atoms with Crippen molar-refractivity contribution in [1.82, 2.24) is 16.0 Å². The van der Waals surface area contributed by atoms with Gasteiger partial charge in [-0.15, -0.1) is 0 Å². The van der Waals surface area contributed by atoms with Gasteiger partial charge in [-0.1, -0.05) is 18.2 Å². The molecule has 2 aromatic carbocycles. The normalized spacial score (nSPS) is 17.9. The van der Waals surface area contributed by atoms with Gasteiger partial charge in [-0.3, -0.25) is 14.9 Å². The first-order valence-corrected chi connectivity index (χ1v) is 11.3. The largest absolute Gasteiger partial charge is 0.416 e. The first kappa shape index (κ1) is 26.0. The Bertz CT molecular complexity index is 1040. The first-order chi connectivity index (χ1) is 16.6. The Morgan fingerprint density at radius 2 is 1.46 bits per heavy atom. The van der Waals surface area contributed by atoms with E-state index in [1.807, 2.05) is 0 Å². The number of amides is 3. The van der Waals surface area contributed by atoms with Crippen molar-refractivity contribution in [2.75, 3.05) is 13.1 Å².